The minimum absolute atomic E-state index is 0.0865. The zero-order valence-electron chi connectivity index (χ0n) is 11.0. The molecule has 0 bridgehead atoms. The molecule has 20 heavy (non-hydrogen) atoms. The average molecular weight is 287 g/mol. The van der Waals surface area contributed by atoms with Crippen molar-refractivity contribution >= 4 is 0 Å². The maximum atomic E-state index is 12.1. The Morgan fingerprint density at radius 3 is 3.00 bits per heavy atom. The molecule has 0 spiro atoms. The predicted octanol–water partition coefficient (Wildman–Crippen LogP) is -0.520. The number of H-pyrrole nitrogens is 1. The molecule has 0 amide bonds. The maximum Gasteiger partial charge on any atom is 0.330 e. The van der Waals surface area contributed by atoms with E-state index in [0.29, 0.717) is 12.0 Å². The van der Waals surface area contributed by atoms with Crippen LogP contribution in [0, 0.1) is 6.92 Å². The Kier molecular flexibility index (Phi) is 4.69. The number of nitrogens with zero attached hydrogens (tertiary/aromatic N) is 1. The Labute approximate surface area is 114 Å². The number of alkyl halides is 1. The number of aliphatic hydroxyl groups excluding tert-OH is 1. The van der Waals surface area contributed by atoms with Crippen LogP contribution in [-0.2, 0) is 9.47 Å². The van der Waals surface area contributed by atoms with Crippen molar-refractivity contribution in [1.29, 1.82) is 0 Å². The highest BCUT2D eigenvalue weighted by atomic mass is 18.2. The van der Waals surface area contributed by atoms with Gasteiger partial charge in [0, 0.05) is 18.2 Å². The van der Waals surface area contributed by atoms with Gasteiger partial charge in [-0.25, -0.2) is 9.18 Å². The largest absolute Gasteiger partial charge is 0.394 e. The van der Waals surface area contributed by atoms with Crippen molar-refractivity contribution in [2.24, 2.45) is 0 Å². The maximum absolute atomic E-state index is 12.1. The summed E-state index contributed by atoms with van der Waals surface area (Å²) in [7, 11) is 0. The molecular weight excluding hydrogens is 270 g/mol. The number of aromatic nitrogens is 2. The Morgan fingerprint density at radius 1 is 1.60 bits per heavy atom. The topological polar surface area (TPSA) is 93.6 Å². The first-order chi connectivity index (χ1) is 9.56. The summed E-state index contributed by atoms with van der Waals surface area (Å²) in [5.41, 5.74) is -0.663. The van der Waals surface area contributed by atoms with E-state index in [2.05, 4.69) is 4.98 Å². The van der Waals surface area contributed by atoms with Crippen molar-refractivity contribution in [3.8, 4) is 0 Å². The van der Waals surface area contributed by atoms with Gasteiger partial charge in [0.25, 0.3) is 5.56 Å². The first-order valence-corrected chi connectivity index (χ1v) is 6.32. The zero-order chi connectivity index (χ0) is 14.7. The minimum Gasteiger partial charge on any atom is -0.394 e. The third-order valence-electron chi connectivity index (χ3n) is 3.23. The Balaban J connectivity index is 2.20. The number of halogens is 1. The minimum atomic E-state index is -0.653. The molecule has 0 saturated carbocycles. The SMILES string of the molecule is Cc1cn(C2C[C@H](OCC[18F])[C@@H](CO)O2)c(=O)[nH]c1=O. The number of aliphatic hydroxyl groups is 1. The Morgan fingerprint density at radius 2 is 2.35 bits per heavy atom. The van der Waals surface area contributed by atoms with E-state index in [-0.39, 0.29) is 13.2 Å². The summed E-state index contributed by atoms with van der Waals surface area (Å²) in [5.74, 6) is 0. The third kappa shape index (κ3) is 2.97. The number of rotatable bonds is 5. The fraction of sp³-hybridized carbons (Fsp3) is 0.667. The van der Waals surface area contributed by atoms with Gasteiger partial charge in [-0.05, 0) is 6.92 Å². The molecule has 0 aromatic carbocycles. The van der Waals surface area contributed by atoms with Crippen LogP contribution in [0.25, 0.3) is 0 Å². The normalized spacial score (nSPS) is 26.1. The summed E-state index contributed by atoms with van der Waals surface area (Å²) in [6, 6.07) is 0. The van der Waals surface area contributed by atoms with E-state index < -0.39 is 36.4 Å². The molecule has 1 aliphatic heterocycles. The first-order valence-electron chi connectivity index (χ1n) is 6.32. The van der Waals surface area contributed by atoms with Crippen LogP contribution < -0.4 is 11.2 Å². The summed E-state index contributed by atoms with van der Waals surface area (Å²) < 4.78 is 24.2. The van der Waals surface area contributed by atoms with Crippen molar-refractivity contribution in [2.45, 2.75) is 31.8 Å². The van der Waals surface area contributed by atoms with Gasteiger partial charge >= 0.3 is 5.69 Å². The standard InChI is InChI=1S/C12H17FN2O5/c1-7-5-15(12(18)14-11(7)17)10-4-8(19-3-2-13)9(6-16)20-10/h5,8-10,16H,2-4,6H2,1H3,(H,14,17,18)/t8-,9+,10?/m0/s1/i13-1. The Hall–Kier alpha value is -1.51. The van der Waals surface area contributed by atoms with Gasteiger partial charge in [-0.2, -0.15) is 0 Å². The lowest BCUT2D eigenvalue weighted by molar-refractivity contribution is -0.0635. The number of hydrogen-bond donors (Lipinski definition) is 2. The number of nitrogens with one attached hydrogen (secondary N) is 1. The van der Waals surface area contributed by atoms with Crippen LogP contribution in [0.2, 0.25) is 0 Å². The number of hydrogen-bond acceptors (Lipinski definition) is 5. The smallest absolute Gasteiger partial charge is 0.330 e. The fourth-order valence-corrected chi connectivity index (χ4v) is 2.21. The van der Waals surface area contributed by atoms with E-state index in [1.165, 1.54) is 10.8 Å². The quantitative estimate of drug-likeness (QED) is 0.760. The van der Waals surface area contributed by atoms with E-state index in [1.807, 2.05) is 0 Å². The molecule has 1 fully saturated rings. The van der Waals surface area contributed by atoms with Crippen LogP contribution in [0.4, 0.5) is 4.39 Å². The molecule has 1 aliphatic rings. The summed E-state index contributed by atoms with van der Waals surface area (Å²) >= 11 is 0. The van der Waals surface area contributed by atoms with Gasteiger partial charge in [0.2, 0.25) is 0 Å². The van der Waals surface area contributed by atoms with Gasteiger partial charge in [-0.1, -0.05) is 0 Å². The molecule has 1 unspecified atom stereocenters. The molecule has 3 atom stereocenters. The number of aromatic amines is 1. The third-order valence-corrected chi connectivity index (χ3v) is 3.23. The molecule has 112 valence electrons. The molecule has 1 aromatic rings. The number of aryl methyl sites for hydroxylation is 1. The highest BCUT2D eigenvalue weighted by molar-refractivity contribution is 5.02. The van der Waals surface area contributed by atoms with E-state index in [1.54, 1.807) is 6.92 Å². The molecule has 7 nitrogen and oxygen atoms in total. The van der Waals surface area contributed by atoms with Gasteiger partial charge in [0.1, 0.15) is 19.0 Å². The first kappa shape index (κ1) is 14.9. The van der Waals surface area contributed by atoms with Gasteiger partial charge in [-0.15, -0.1) is 0 Å². The van der Waals surface area contributed by atoms with Crippen molar-refractivity contribution in [3.05, 3.63) is 32.6 Å². The van der Waals surface area contributed by atoms with E-state index in [9.17, 15) is 19.1 Å². The van der Waals surface area contributed by atoms with Gasteiger partial charge < -0.3 is 14.6 Å². The highest BCUT2D eigenvalue weighted by Crippen LogP contribution is 2.29. The lowest BCUT2D eigenvalue weighted by Gasteiger charge is -2.15. The lowest BCUT2D eigenvalue weighted by Crippen LogP contribution is -2.33. The molecule has 1 saturated heterocycles. The summed E-state index contributed by atoms with van der Waals surface area (Å²) in [6.07, 6.45) is -0.0561. The zero-order valence-corrected chi connectivity index (χ0v) is 11.0. The lowest BCUT2D eigenvalue weighted by atomic mass is 10.2. The van der Waals surface area contributed by atoms with Crippen LogP contribution in [0.5, 0.6) is 0 Å². The number of ether oxygens (including phenoxy) is 2. The molecule has 2 N–H and O–H groups in total. The molecule has 8 heteroatoms. The summed E-state index contributed by atoms with van der Waals surface area (Å²) in [4.78, 5) is 25.3. The van der Waals surface area contributed by atoms with Gasteiger partial charge in [0.05, 0.1) is 19.3 Å². The van der Waals surface area contributed by atoms with Crippen molar-refractivity contribution < 1.29 is 19.0 Å². The molecule has 1 aromatic heterocycles. The summed E-state index contributed by atoms with van der Waals surface area (Å²) in [5, 5.41) is 9.22. The van der Waals surface area contributed by atoms with Crippen molar-refractivity contribution in [1.82, 2.24) is 9.55 Å². The van der Waals surface area contributed by atoms with Crippen LogP contribution in [0.15, 0.2) is 15.8 Å². The second-order valence-corrected chi connectivity index (χ2v) is 4.62. The Bertz CT molecular complexity index is 570. The second-order valence-electron chi connectivity index (χ2n) is 4.62. The fourth-order valence-electron chi connectivity index (χ4n) is 2.21. The predicted molar refractivity (Wildman–Crippen MR) is 67.4 cm³/mol. The average Bonchev–Trinajstić information content (AvgIpc) is 2.83. The molecule has 0 radical (unpaired) electrons. The molecule has 2 rings (SSSR count). The van der Waals surface area contributed by atoms with E-state index in [4.69, 9.17) is 9.47 Å². The molecule has 2 heterocycles. The highest BCUT2D eigenvalue weighted by Gasteiger charge is 2.37. The van der Waals surface area contributed by atoms with Crippen LogP contribution in [0.3, 0.4) is 0 Å². The van der Waals surface area contributed by atoms with Gasteiger partial charge in [0.15, 0.2) is 0 Å². The van der Waals surface area contributed by atoms with Crippen LogP contribution >= 0.6 is 0 Å². The molecular formula is C12H17FN2O5. The van der Waals surface area contributed by atoms with Crippen LogP contribution in [-0.4, -0.2) is 46.8 Å². The monoisotopic (exact) mass is 287 g/mol. The van der Waals surface area contributed by atoms with Crippen molar-refractivity contribution in [2.75, 3.05) is 19.9 Å². The van der Waals surface area contributed by atoms with E-state index in [0.717, 1.165) is 0 Å². The van der Waals surface area contributed by atoms with Crippen LogP contribution in [0.1, 0.15) is 18.2 Å². The van der Waals surface area contributed by atoms with E-state index >= 15 is 0 Å². The van der Waals surface area contributed by atoms with Crippen molar-refractivity contribution in [3.63, 3.8) is 0 Å². The summed E-state index contributed by atoms with van der Waals surface area (Å²) in [6.45, 7) is 0.572. The van der Waals surface area contributed by atoms with Gasteiger partial charge in [-0.3, -0.25) is 14.3 Å². The second kappa shape index (κ2) is 6.29. The molecule has 0 aliphatic carbocycles.